The topological polar surface area (TPSA) is 141 Å². The van der Waals surface area contributed by atoms with Gasteiger partial charge in [-0.1, -0.05) is 19.4 Å². The van der Waals surface area contributed by atoms with Crippen LogP contribution in [0.4, 0.5) is 0 Å². The molecule has 7 atom stereocenters. The standard InChI is InChI=1S/C21H31O8P/c1-19-7-5-13(22)9-12(19)3-4-14-15-6-8-21(25,17(24)11-29-30(26,27)28)20(15,2)10-16(23)18(14)19/h9,14-16,18,23,25H,3-8,10-11H2,1-2H3,(H2,26,27,28)/t14-,15-,16-,18+,19-,20-,21+/m1/s1. The number of ketones is 2. The highest BCUT2D eigenvalue weighted by molar-refractivity contribution is 7.46. The van der Waals surface area contributed by atoms with Gasteiger partial charge in [0.2, 0.25) is 0 Å². The Hall–Kier alpha value is -0.890. The molecule has 0 saturated heterocycles. The number of carbonyl (C=O) groups excluding carboxylic acids is 2. The zero-order valence-electron chi connectivity index (χ0n) is 17.4. The Morgan fingerprint density at radius 3 is 2.60 bits per heavy atom. The number of phosphoric acid groups is 1. The Labute approximate surface area is 175 Å². The van der Waals surface area contributed by atoms with Gasteiger partial charge >= 0.3 is 7.82 Å². The van der Waals surface area contributed by atoms with Crippen LogP contribution in [-0.2, 0) is 18.7 Å². The average molecular weight is 442 g/mol. The fourth-order valence-electron chi connectivity index (χ4n) is 7.41. The van der Waals surface area contributed by atoms with E-state index < -0.39 is 37.3 Å². The molecule has 3 saturated carbocycles. The van der Waals surface area contributed by atoms with Gasteiger partial charge in [0, 0.05) is 11.8 Å². The fraction of sp³-hybridized carbons (Fsp3) is 0.810. The number of aliphatic hydroxyl groups is 2. The van der Waals surface area contributed by atoms with E-state index in [0.29, 0.717) is 19.3 Å². The quantitative estimate of drug-likeness (QED) is 0.484. The van der Waals surface area contributed by atoms with E-state index in [-0.39, 0.29) is 41.8 Å². The van der Waals surface area contributed by atoms with Gasteiger partial charge in [-0.3, -0.25) is 14.1 Å². The molecule has 4 rings (SSSR count). The van der Waals surface area contributed by atoms with Crippen LogP contribution in [0.5, 0.6) is 0 Å². The van der Waals surface area contributed by atoms with E-state index in [1.54, 1.807) is 6.08 Å². The molecular weight excluding hydrogens is 411 g/mol. The summed E-state index contributed by atoms with van der Waals surface area (Å²) in [6.45, 7) is 3.09. The minimum Gasteiger partial charge on any atom is -0.393 e. The number of phosphoric ester groups is 1. The van der Waals surface area contributed by atoms with Crippen molar-refractivity contribution < 1.29 is 38.7 Å². The maximum Gasteiger partial charge on any atom is 0.470 e. The van der Waals surface area contributed by atoms with Gasteiger partial charge in [-0.2, -0.15) is 0 Å². The number of hydrogen-bond acceptors (Lipinski definition) is 6. The first kappa shape index (κ1) is 22.3. The first-order valence-corrected chi connectivity index (χ1v) is 12.2. The number of Topliss-reactive ketones (excluding diaryl/α,β-unsaturated/α-hetero) is 1. The molecule has 4 aliphatic carbocycles. The Balaban J connectivity index is 1.64. The minimum absolute atomic E-state index is 0.00547. The Morgan fingerprint density at radius 1 is 1.23 bits per heavy atom. The van der Waals surface area contributed by atoms with Gasteiger partial charge in [0.25, 0.3) is 0 Å². The van der Waals surface area contributed by atoms with Crippen LogP contribution in [0, 0.1) is 28.6 Å². The molecule has 0 heterocycles. The van der Waals surface area contributed by atoms with Gasteiger partial charge < -0.3 is 20.0 Å². The number of aliphatic hydroxyl groups excluding tert-OH is 1. The third-order valence-electron chi connectivity index (χ3n) is 8.87. The zero-order chi connectivity index (χ0) is 22.1. The number of carbonyl (C=O) groups is 2. The average Bonchev–Trinajstić information content (AvgIpc) is 2.91. The first-order valence-electron chi connectivity index (χ1n) is 10.7. The molecule has 30 heavy (non-hydrogen) atoms. The number of hydrogen-bond donors (Lipinski definition) is 4. The van der Waals surface area contributed by atoms with E-state index in [9.17, 15) is 24.4 Å². The third kappa shape index (κ3) is 3.19. The normalized spacial score (nSPS) is 45.9. The SMILES string of the molecule is C[C@@]12CCC(=O)C=C1CC[C@H]1[C@H]2[C@H](O)C[C@]2(C)[C@@H]1CC[C@]2(O)C(=O)COP(=O)(O)O. The molecule has 3 fully saturated rings. The van der Waals surface area contributed by atoms with Crippen LogP contribution in [0.15, 0.2) is 11.6 Å². The molecule has 168 valence electrons. The van der Waals surface area contributed by atoms with Crippen molar-refractivity contribution in [1.82, 2.24) is 0 Å². The Morgan fingerprint density at radius 2 is 1.93 bits per heavy atom. The maximum atomic E-state index is 12.8. The second-order valence-corrected chi connectivity index (χ2v) is 11.4. The lowest BCUT2D eigenvalue weighted by Gasteiger charge is -2.60. The van der Waals surface area contributed by atoms with Crippen LogP contribution in [0.25, 0.3) is 0 Å². The second kappa shape index (κ2) is 7.06. The van der Waals surface area contributed by atoms with Crippen LogP contribution < -0.4 is 0 Å². The van der Waals surface area contributed by atoms with E-state index in [0.717, 1.165) is 18.4 Å². The maximum absolute atomic E-state index is 12.8. The molecule has 8 nitrogen and oxygen atoms in total. The zero-order valence-corrected chi connectivity index (χ0v) is 18.3. The molecule has 0 aromatic rings. The van der Waals surface area contributed by atoms with Crippen molar-refractivity contribution in [1.29, 1.82) is 0 Å². The summed E-state index contributed by atoms with van der Waals surface area (Å²) in [6, 6.07) is 0. The molecule has 4 aliphatic rings. The molecule has 9 heteroatoms. The monoisotopic (exact) mass is 442 g/mol. The summed E-state index contributed by atoms with van der Waals surface area (Å²) in [5, 5.41) is 22.7. The van der Waals surface area contributed by atoms with E-state index in [1.807, 2.05) is 6.92 Å². The van der Waals surface area contributed by atoms with Crippen molar-refractivity contribution in [3.8, 4) is 0 Å². The van der Waals surface area contributed by atoms with Crippen molar-refractivity contribution in [2.45, 2.75) is 70.5 Å². The molecule has 0 amide bonds. The molecule has 0 radical (unpaired) electrons. The third-order valence-corrected chi connectivity index (χ3v) is 9.34. The highest BCUT2D eigenvalue weighted by Gasteiger charge is 2.68. The van der Waals surface area contributed by atoms with Gasteiger partial charge in [-0.25, -0.2) is 4.57 Å². The molecule has 0 aromatic heterocycles. The molecule has 0 aromatic carbocycles. The van der Waals surface area contributed by atoms with Crippen molar-refractivity contribution >= 4 is 19.4 Å². The lowest BCUT2D eigenvalue weighted by Crippen LogP contribution is -2.62. The van der Waals surface area contributed by atoms with Crippen LogP contribution in [0.1, 0.15) is 58.8 Å². The predicted octanol–water partition coefficient (Wildman–Crippen LogP) is 1.90. The lowest BCUT2D eigenvalue weighted by atomic mass is 9.45. The molecular formula is C21H31O8P. The summed E-state index contributed by atoms with van der Waals surface area (Å²) in [7, 11) is -4.83. The first-order chi connectivity index (χ1) is 13.8. The smallest absolute Gasteiger partial charge is 0.393 e. The van der Waals surface area contributed by atoms with Crippen molar-refractivity contribution in [3.05, 3.63) is 11.6 Å². The Kier molecular flexibility index (Phi) is 5.25. The second-order valence-electron chi connectivity index (χ2n) is 10.2. The van der Waals surface area contributed by atoms with Gasteiger partial charge in [0.05, 0.1) is 6.10 Å². The van der Waals surface area contributed by atoms with Gasteiger partial charge in [0.1, 0.15) is 12.2 Å². The molecule has 0 unspecified atom stereocenters. The highest BCUT2D eigenvalue weighted by Crippen LogP contribution is 2.67. The summed E-state index contributed by atoms with van der Waals surface area (Å²) in [6.07, 6.45) is 4.79. The summed E-state index contributed by atoms with van der Waals surface area (Å²) in [5.41, 5.74) is -1.84. The van der Waals surface area contributed by atoms with E-state index in [1.165, 1.54) is 0 Å². The van der Waals surface area contributed by atoms with Gasteiger partial charge in [-0.15, -0.1) is 0 Å². The van der Waals surface area contributed by atoms with Crippen LogP contribution in [0.2, 0.25) is 0 Å². The highest BCUT2D eigenvalue weighted by atomic mass is 31.2. The molecule has 0 spiro atoms. The van der Waals surface area contributed by atoms with Gasteiger partial charge in [0.15, 0.2) is 11.6 Å². The number of rotatable bonds is 4. The Bertz CT molecular complexity index is 848. The summed E-state index contributed by atoms with van der Waals surface area (Å²) >= 11 is 0. The minimum atomic E-state index is -4.83. The summed E-state index contributed by atoms with van der Waals surface area (Å²) < 4.78 is 15.4. The van der Waals surface area contributed by atoms with Crippen molar-refractivity contribution in [2.24, 2.45) is 28.6 Å². The number of fused-ring (bicyclic) bond motifs is 5. The molecule has 0 aliphatic heterocycles. The summed E-state index contributed by atoms with van der Waals surface area (Å²) in [5.74, 6) is -0.522. The fourth-order valence-corrected chi connectivity index (χ4v) is 7.70. The van der Waals surface area contributed by atoms with Crippen LogP contribution in [0.3, 0.4) is 0 Å². The van der Waals surface area contributed by atoms with E-state index >= 15 is 0 Å². The van der Waals surface area contributed by atoms with Crippen LogP contribution in [-0.4, -0.2) is 49.9 Å². The summed E-state index contributed by atoms with van der Waals surface area (Å²) in [4.78, 5) is 42.6. The van der Waals surface area contributed by atoms with Crippen LogP contribution >= 0.6 is 7.82 Å². The predicted molar refractivity (Wildman–Crippen MR) is 106 cm³/mol. The van der Waals surface area contributed by atoms with Gasteiger partial charge in [-0.05, 0) is 67.8 Å². The van der Waals surface area contributed by atoms with Crippen molar-refractivity contribution in [3.63, 3.8) is 0 Å². The largest absolute Gasteiger partial charge is 0.470 e. The molecule has 0 bridgehead atoms. The van der Waals surface area contributed by atoms with Crippen molar-refractivity contribution in [2.75, 3.05) is 6.61 Å². The van der Waals surface area contributed by atoms with E-state index in [2.05, 4.69) is 11.4 Å². The lowest BCUT2D eigenvalue weighted by molar-refractivity contribution is -0.182. The van der Waals surface area contributed by atoms with E-state index in [4.69, 9.17) is 9.79 Å². The molecule has 4 N–H and O–H groups in total. The number of allylic oxidation sites excluding steroid dienone is 1.